The Morgan fingerprint density at radius 1 is 0.969 bits per heavy atom. The van der Waals surface area contributed by atoms with Gasteiger partial charge in [-0.05, 0) is 61.0 Å². The van der Waals surface area contributed by atoms with Crippen LogP contribution in [0.1, 0.15) is 23.5 Å². The van der Waals surface area contributed by atoms with E-state index < -0.39 is 17.9 Å². The minimum atomic E-state index is -2.77. The van der Waals surface area contributed by atoms with Gasteiger partial charge in [0.05, 0.1) is 17.0 Å². The molecule has 0 saturated carbocycles. The van der Waals surface area contributed by atoms with E-state index in [2.05, 4.69) is 19.9 Å². The number of benzene rings is 1. The summed E-state index contributed by atoms with van der Waals surface area (Å²) in [6.45, 7) is 1.68. The molecule has 0 amide bonds. The van der Waals surface area contributed by atoms with E-state index in [-0.39, 0.29) is 18.4 Å². The fourth-order valence-corrected chi connectivity index (χ4v) is 3.21. The van der Waals surface area contributed by atoms with Crippen LogP contribution >= 0.6 is 0 Å². The van der Waals surface area contributed by atoms with Gasteiger partial charge in [0.15, 0.2) is 0 Å². The number of ether oxygens (including phenoxy) is 1. The van der Waals surface area contributed by atoms with Crippen LogP contribution in [0.3, 0.4) is 0 Å². The zero-order valence-corrected chi connectivity index (χ0v) is 17.0. The van der Waals surface area contributed by atoms with Gasteiger partial charge in [0.2, 0.25) is 11.8 Å². The number of hydrogen-bond donors (Lipinski definition) is 1. The summed E-state index contributed by atoms with van der Waals surface area (Å²) >= 11 is 0. The zero-order chi connectivity index (χ0) is 22.7. The molecule has 9 heteroatoms. The molecule has 0 aliphatic carbocycles. The fourth-order valence-electron chi connectivity index (χ4n) is 3.21. The molecule has 0 aliphatic heterocycles. The number of pyridine rings is 2. The van der Waals surface area contributed by atoms with Crippen LogP contribution < -0.4 is 10.5 Å². The lowest BCUT2D eigenvalue weighted by Crippen LogP contribution is -2.07. The first-order valence-electron chi connectivity index (χ1n) is 9.64. The topological polar surface area (TPSA) is 86.8 Å². The lowest BCUT2D eigenvalue weighted by Gasteiger charge is -2.16. The predicted octanol–water partition coefficient (Wildman–Crippen LogP) is 5.15. The Bertz CT molecular complexity index is 1230. The third-order valence-electron chi connectivity index (χ3n) is 4.58. The van der Waals surface area contributed by atoms with Crippen LogP contribution in [0, 0.1) is 12.7 Å². The second-order valence-corrected chi connectivity index (χ2v) is 6.95. The molecule has 32 heavy (non-hydrogen) atoms. The van der Waals surface area contributed by atoms with Crippen LogP contribution in [-0.2, 0) is 6.61 Å². The van der Waals surface area contributed by atoms with Gasteiger partial charge in [0.1, 0.15) is 18.1 Å². The van der Waals surface area contributed by atoms with E-state index in [1.165, 1.54) is 30.3 Å². The van der Waals surface area contributed by atoms with E-state index >= 15 is 0 Å². The minimum Gasteiger partial charge on any atom is -0.471 e. The fraction of sp³-hybridized carbons (Fsp3) is 0.130. The molecular weight excluding hydrogens is 419 g/mol. The van der Waals surface area contributed by atoms with Gasteiger partial charge < -0.3 is 10.5 Å². The summed E-state index contributed by atoms with van der Waals surface area (Å²) in [5.41, 5.74) is 8.12. The molecule has 0 atom stereocenters. The van der Waals surface area contributed by atoms with E-state index in [1.807, 2.05) is 6.07 Å². The van der Waals surface area contributed by atoms with Crippen LogP contribution in [0.4, 0.5) is 19.1 Å². The molecule has 0 aliphatic rings. The number of halogens is 3. The second-order valence-electron chi connectivity index (χ2n) is 6.95. The molecule has 3 aromatic heterocycles. The van der Waals surface area contributed by atoms with E-state index in [4.69, 9.17) is 10.5 Å². The van der Waals surface area contributed by atoms with Crippen LogP contribution in [-0.4, -0.2) is 19.9 Å². The Labute approximate surface area is 182 Å². The summed E-state index contributed by atoms with van der Waals surface area (Å²) in [4.78, 5) is 16.6. The van der Waals surface area contributed by atoms with Crippen LogP contribution in [0.25, 0.3) is 22.4 Å². The Kier molecular flexibility index (Phi) is 5.98. The Morgan fingerprint density at radius 2 is 1.75 bits per heavy atom. The smallest absolute Gasteiger partial charge is 0.280 e. The number of nitrogens with two attached hydrogens (primary N) is 1. The summed E-state index contributed by atoms with van der Waals surface area (Å²) in [5, 5.41) is 0. The molecule has 6 nitrogen and oxygen atoms in total. The quantitative estimate of drug-likeness (QED) is 0.449. The maximum atomic E-state index is 13.5. The van der Waals surface area contributed by atoms with Crippen molar-refractivity contribution < 1.29 is 17.9 Å². The highest BCUT2D eigenvalue weighted by Crippen LogP contribution is 2.39. The molecule has 0 saturated heterocycles. The Hall–Kier alpha value is -4.01. The number of aryl methyl sites for hydroxylation is 1. The molecule has 162 valence electrons. The lowest BCUT2D eigenvalue weighted by molar-refractivity contribution is 0.146. The van der Waals surface area contributed by atoms with Gasteiger partial charge >= 0.3 is 0 Å². The van der Waals surface area contributed by atoms with E-state index in [9.17, 15) is 13.2 Å². The summed E-state index contributed by atoms with van der Waals surface area (Å²) in [6, 6.07) is 13.8. The number of alkyl halides is 2. The third-order valence-corrected chi connectivity index (χ3v) is 4.58. The number of nitrogens with zero attached hydrogens (tertiary/aromatic N) is 4. The van der Waals surface area contributed by atoms with Crippen molar-refractivity contribution in [3.63, 3.8) is 0 Å². The first-order chi connectivity index (χ1) is 15.4. The van der Waals surface area contributed by atoms with Crippen molar-refractivity contribution in [1.82, 2.24) is 19.9 Å². The van der Waals surface area contributed by atoms with Gasteiger partial charge in [0.25, 0.3) is 6.43 Å². The number of aromatic nitrogens is 4. The molecule has 4 rings (SSSR count). The number of rotatable bonds is 6. The first-order valence-corrected chi connectivity index (χ1v) is 9.64. The van der Waals surface area contributed by atoms with E-state index in [0.29, 0.717) is 33.8 Å². The molecule has 0 spiro atoms. The highest BCUT2D eigenvalue weighted by atomic mass is 19.3. The summed E-state index contributed by atoms with van der Waals surface area (Å²) in [7, 11) is 0. The highest BCUT2D eigenvalue weighted by molar-refractivity contribution is 5.85. The van der Waals surface area contributed by atoms with Crippen molar-refractivity contribution >= 4 is 5.95 Å². The van der Waals surface area contributed by atoms with Crippen molar-refractivity contribution in [2.45, 2.75) is 20.0 Å². The minimum absolute atomic E-state index is 0.0684. The van der Waals surface area contributed by atoms with Gasteiger partial charge in [0, 0.05) is 17.5 Å². The molecule has 1 aromatic carbocycles. The number of nitrogen functional groups attached to an aromatic ring is 1. The summed E-state index contributed by atoms with van der Waals surface area (Å²) in [5.74, 6) is -0.416. The van der Waals surface area contributed by atoms with E-state index in [0.717, 1.165) is 0 Å². The molecule has 4 aromatic rings. The molecule has 0 unspecified atom stereocenters. The van der Waals surface area contributed by atoms with Crippen LogP contribution in [0.2, 0.25) is 0 Å². The normalized spacial score (nSPS) is 11.0. The van der Waals surface area contributed by atoms with Crippen molar-refractivity contribution in [2.24, 2.45) is 0 Å². The maximum Gasteiger partial charge on any atom is 0.280 e. The SMILES string of the molecule is Cc1cc(-c2c(OCc3ccccn3)nc(N)nc2-c2ccc(F)cc2)cc(C(F)F)n1. The monoisotopic (exact) mass is 437 g/mol. The zero-order valence-electron chi connectivity index (χ0n) is 17.0. The maximum absolute atomic E-state index is 13.5. The summed E-state index contributed by atoms with van der Waals surface area (Å²) < 4.78 is 46.3. The first kappa shape index (κ1) is 21.2. The van der Waals surface area contributed by atoms with E-state index in [1.54, 1.807) is 31.3 Å². The number of hydrogen-bond acceptors (Lipinski definition) is 6. The molecule has 0 bridgehead atoms. The van der Waals surface area contributed by atoms with Gasteiger partial charge in [-0.25, -0.2) is 18.2 Å². The van der Waals surface area contributed by atoms with Gasteiger partial charge in [-0.3, -0.25) is 9.97 Å². The molecular formula is C23H18F3N5O. The van der Waals surface area contributed by atoms with Crippen LogP contribution in [0.15, 0.2) is 60.8 Å². The van der Waals surface area contributed by atoms with Gasteiger partial charge in [-0.1, -0.05) is 6.07 Å². The molecule has 0 radical (unpaired) electrons. The molecule has 3 heterocycles. The lowest BCUT2D eigenvalue weighted by atomic mass is 9.99. The van der Waals surface area contributed by atoms with Crippen molar-refractivity contribution in [2.75, 3.05) is 5.73 Å². The highest BCUT2D eigenvalue weighted by Gasteiger charge is 2.21. The van der Waals surface area contributed by atoms with Gasteiger partial charge in [-0.15, -0.1) is 0 Å². The second kappa shape index (κ2) is 9.01. The Morgan fingerprint density at radius 3 is 2.44 bits per heavy atom. The average Bonchev–Trinajstić information content (AvgIpc) is 2.78. The third kappa shape index (κ3) is 4.66. The van der Waals surface area contributed by atoms with Crippen molar-refractivity contribution in [1.29, 1.82) is 0 Å². The Balaban J connectivity index is 1.90. The standard InChI is InChI=1S/C23H18F3N5O/c1-13-10-15(11-18(29-13)21(25)26)19-20(14-5-7-16(24)8-6-14)30-23(27)31-22(19)32-12-17-4-2-3-9-28-17/h2-11,21H,12H2,1H3,(H2,27,30,31). The largest absolute Gasteiger partial charge is 0.471 e. The predicted molar refractivity (Wildman–Crippen MR) is 113 cm³/mol. The molecule has 2 N–H and O–H groups in total. The van der Waals surface area contributed by atoms with Crippen molar-refractivity contribution in [3.8, 4) is 28.3 Å². The number of anilines is 1. The summed E-state index contributed by atoms with van der Waals surface area (Å²) in [6.07, 6.45) is -1.14. The molecule has 0 fully saturated rings. The average molecular weight is 437 g/mol. The van der Waals surface area contributed by atoms with Crippen molar-refractivity contribution in [3.05, 3.63) is 83.7 Å². The van der Waals surface area contributed by atoms with Crippen LogP contribution in [0.5, 0.6) is 5.88 Å². The van der Waals surface area contributed by atoms with Gasteiger partial charge in [-0.2, -0.15) is 4.98 Å².